The lowest BCUT2D eigenvalue weighted by Crippen LogP contribution is -2.38. The van der Waals surface area contributed by atoms with Gasteiger partial charge in [0.1, 0.15) is 0 Å². The predicted octanol–water partition coefficient (Wildman–Crippen LogP) is 1.92. The second-order valence-electron chi connectivity index (χ2n) is 6.18. The Hall–Kier alpha value is -0.910. The highest BCUT2D eigenvalue weighted by Crippen LogP contribution is 2.35. The van der Waals surface area contributed by atoms with Crippen LogP contribution in [0, 0.1) is 5.41 Å². The number of benzene rings is 1. The van der Waals surface area contributed by atoms with E-state index < -0.39 is 9.84 Å². The monoisotopic (exact) mass is 295 g/mol. The number of hydrogen-bond donors (Lipinski definition) is 1. The highest BCUT2D eigenvalue weighted by atomic mass is 32.2. The molecule has 1 aromatic carbocycles. The summed E-state index contributed by atoms with van der Waals surface area (Å²) in [5, 5.41) is 3.47. The van der Waals surface area contributed by atoms with Crippen LogP contribution in [-0.4, -0.2) is 33.9 Å². The molecule has 1 atom stereocenters. The fourth-order valence-electron chi connectivity index (χ4n) is 3.03. The average Bonchev–Trinajstić information content (AvgIpc) is 2.70. The molecule has 2 aliphatic rings. The lowest BCUT2D eigenvalue weighted by atomic mass is 9.82. The van der Waals surface area contributed by atoms with Crippen molar-refractivity contribution in [2.45, 2.75) is 30.7 Å². The molecule has 1 fully saturated rings. The molecule has 20 heavy (non-hydrogen) atoms. The van der Waals surface area contributed by atoms with E-state index in [0.29, 0.717) is 4.90 Å². The summed E-state index contributed by atoms with van der Waals surface area (Å²) in [5.74, 6) is 0.179. The van der Waals surface area contributed by atoms with Gasteiger partial charge in [-0.05, 0) is 29.9 Å². The van der Waals surface area contributed by atoms with Gasteiger partial charge in [0.25, 0.3) is 0 Å². The van der Waals surface area contributed by atoms with E-state index >= 15 is 0 Å². The summed E-state index contributed by atoms with van der Waals surface area (Å²) < 4.78 is 29.7. The predicted molar refractivity (Wildman–Crippen MR) is 77.4 cm³/mol. The second-order valence-corrected chi connectivity index (χ2v) is 8.18. The molecule has 5 heteroatoms. The third-order valence-electron chi connectivity index (χ3n) is 4.49. The van der Waals surface area contributed by atoms with Crippen molar-refractivity contribution in [2.75, 3.05) is 25.5 Å². The van der Waals surface area contributed by atoms with Gasteiger partial charge >= 0.3 is 0 Å². The highest BCUT2D eigenvalue weighted by molar-refractivity contribution is 7.91. The van der Waals surface area contributed by atoms with E-state index in [9.17, 15) is 8.42 Å². The lowest BCUT2D eigenvalue weighted by molar-refractivity contribution is 0.0231. The molecule has 0 aliphatic carbocycles. The van der Waals surface area contributed by atoms with Crippen molar-refractivity contribution in [2.24, 2.45) is 5.41 Å². The van der Waals surface area contributed by atoms with Gasteiger partial charge < -0.3 is 10.1 Å². The molecule has 110 valence electrons. The number of nitrogens with one attached hydrogen (secondary N) is 1. The van der Waals surface area contributed by atoms with E-state index in [0.717, 1.165) is 38.2 Å². The number of hydrogen-bond acceptors (Lipinski definition) is 4. The Balaban J connectivity index is 1.73. The van der Waals surface area contributed by atoms with Gasteiger partial charge in [0.2, 0.25) is 0 Å². The van der Waals surface area contributed by atoms with Crippen molar-refractivity contribution in [3.8, 4) is 0 Å². The highest BCUT2D eigenvalue weighted by Gasteiger charge is 2.36. The third-order valence-corrected chi connectivity index (χ3v) is 6.30. The Kier molecular flexibility index (Phi) is 3.60. The molecule has 1 N–H and O–H groups in total. The first-order chi connectivity index (χ1) is 9.50. The van der Waals surface area contributed by atoms with Gasteiger partial charge in [0.15, 0.2) is 9.84 Å². The number of fused-ring (bicyclic) bond motifs is 1. The molecule has 0 spiro atoms. The van der Waals surface area contributed by atoms with E-state index in [-0.39, 0.29) is 17.2 Å². The maximum atomic E-state index is 12.1. The summed E-state index contributed by atoms with van der Waals surface area (Å²) in [6.07, 6.45) is 2.06. The molecule has 0 saturated carbocycles. The van der Waals surface area contributed by atoms with Crippen LogP contribution in [0.4, 0.5) is 0 Å². The molecule has 2 heterocycles. The van der Waals surface area contributed by atoms with Gasteiger partial charge in [-0.25, -0.2) is 8.42 Å². The Morgan fingerprint density at radius 3 is 2.75 bits per heavy atom. The minimum atomic E-state index is -3.11. The summed E-state index contributed by atoms with van der Waals surface area (Å²) in [6, 6.07) is 7.26. The Morgan fingerprint density at radius 1 is 1.30 bits per heavy atom. The second kappa shape index (κ2) is 5.13. The first-order valence-electron chi connectivity index (χ1n) is 7.13. The van der Waals surface area contributed by atoms with Gasteiger partial charge in [-0.2, -0.15) is 0 Å². The molecular formula is C15H21NO3S. The van der Waals surface area contributed by atoms with Crippen molar-refractivity contribution >= 4 is 9.84 Å². The average molecular weight is 295 g/mol. The summed E-state index contributed by atoms with van der Waals surface area (Å²) in [4.78, 5) is 0.495. The minimum absolute atomic E-state index is 0.0733. The molecule has 4 nitrogen and oxygen atoms in total. The Bertz CT molecular complexity index is 591. The van der Waals surface area contributed by atoms with Gasteiger partial charge in [-0.1, -0.05) is 25.1 Å². The van der Waals surface area contributed by atoms with Crippen molar-refractivity contribution < 1.29 is 13.2 Å². The van der Waals surface area contributed by atoms with Crippen molar-refractivity contribution in [3.05, 3.63) is 29.8 Å². The minimum Gasteiger partial charge on any atom is -0.381 e. The van der Waals surface area contributed by atoms with E-state index in [4.69, 9.17) is 4.74 Å². The van der Waals surface area contributed by atoms with Crippen molar-refractivity contribution in [1.82, 2.24) is 5.32 Å². The summed E-state index contributed by atoms with van der Waals surface area (Å²) in [5.41, 5.74) is 1.13. The molecular weight excluding hydrogens is 274 g/mol. The summed E-state index contributed by atoms with van der Waals surface area (Å²) >= 11 is 0. The van der Waals surface area contributed by atoms with Crippen LogP contribution >= 0.6 is 0 Å². The topological polar surface area (TPSA) is 55.4 Å². The van der Waals surface area contributed by atoms with E-state index in [1.54, 1.807) is 12.1 Å². The van der Waals surface area contributed by atoms with Crippen LogP contribution in [0.3, 0.4) is 0 Å². The maximum Gasteiger partial charge on any atom is 0.180 e. The molecule has 0 radical (unpaired) electrons. The standard InChI is InChI=1S/C15H21NO3S/c1-15(6-8-19-9-7-15)11-16-13-10-20(17,18)14-5-3-2-4-12(13)14/h2-5,13,16H,6-11H2,1H3. The van der Waals surface area contributed by atoms with Gasteiger partial charge in [-0.15, -0.1) is 0 Å². The molecule has 1 saturated heterocycles. The fraction of sp³-hybridized carbons (Fsp3) is 0.600. The summed E-state index contributed by atoms with van der Waals surface area (Å²) in [6.45, 7) is 4.69. The van der Waals surface area contributed by atoms with Crippen LogP contribution in [-0.2, 0) is 14.6 Å². The summed E-state index contributed by atoms with van der Waals surface area (Å²) in [7, 11) is -3.11. The smallest absolute Gasteiger partial charge is 0.180 e. The maximum absolute atomic E-state index is 12.1. The van der Waals surface area contributed by atoms with Crippen LogP contribution in [0.15, 0.2) is 29.2 Å². The molecule has 3 rings (SSSR count). The van der Waals surface area contributed by atoms with Crippen LogP contribution < -0.4 is 5.32 Å². The van der Waals surface area contributed by atoms with Crippen LogP contribution in [0.25, 0.3) is 0 Å². The van der Waals surface area contributed by atoms with E-state index in [1.807, 2.05) is 12.1 Å². The fourth-order valence-corrected chi connectivity index (χ4v) is 4.80. The molecule has 1 aromatic rings. The van der Waals surface area contributed by atoms with Crippen LogP contribution in [0.1, 0.15) is 31.4 Å². The number of rotatable bonds is 3. The normalized spacial score (nSPS) is 27.1. The first-order valence-corrected chi connectivity index (χ1v) is 8.78. The van der Waals surface area contributed by atoms with E-state index in [2.05, 4.69) is 12.2 Å². The first kappa shape index (κ1) is 14.0. The Labute approximate surface area is 120 Å². The van der Waals surface area contributed by atoms with E-state index in [1.165, 1.54) is 0 Å². The van der Waals surface area contributed by atoms with Gasteiger partial charge in [0, 0.05) is 25.8 Å². The van der Waals surface area contributed by atoms with Crippen LogP contribution in [0.5, 0.6) is 0 Å². The quantitative estimate of drug-likeness (QED) is 0.925. The number of ether oxygens (including phenoxy) is 1. The lowest BCUT2D eigenvalue weighted by Gasteiger charge is -2.34. The molecule has 1 unspecified atom stereocenters. The number of sulfone groups is 1. The van der Waals surface area contributed by atoms with Crippen LogP contribution in [0.2, 0.25) is 0 Å². The molecule has 0 amide bonds. The van der Waals surface area contributed by atoms with Gasteiger partial charge in [0.05, 0.1) is 10.6 Å². The molecule has 2 aliphatic heterocycles. The zero-order valence-electron chi connectivity index (χ0n) is 11.8. The molecule has 0 bridgehead atoms. The zero-order chi connectivity index (χ0) is 14.2. The zero-order valence-corrected chi connectivity index (χ0v) is 12.6. The molecule has 0 aromatic heterocycles. The van der Waals surface area contributed by atoms with Gasteiger partial charge in [-0.3, -0.25) is 0 Å². The SMILES string of the molecule is CC1(CNC2CS(=O)(=O)c3ccccc32)CCOCC1. The largest absolute Gasteiger partial charge is 0.381 e. The Morgan fingerprint density at radius 2 is 2.00 bits per heavy atom. The van der Waals surface area contributed by atoms with Crippen molar-refractivity contribution in [1.29, 1.82) is 0 Å². The van der Waals surface area contributed by atoms with Crippen molar-refractivity contribution in [3.63, 3.8) is 0 Å². The third kappa shape index (κ3) is 2.62.